The Balaban J connectivity index is 2.20. The molecule has 1 aliphatic rings. The summed E-state index contributed by atoms with van der Waals surface area (Å²) >= 11 is 3.34. The summed E-state index contributed by atoms with van der Waals surface area (Å²) in [5, 5.41) is 21.7. The lowest BCUT2D eigenvalue weighted by Crippen LogP contribution is -2.45. The van der Waals surface area contributed by atoms with E-state index in [0.29, 0.717) is 23.9 Å². The van der Waals surface area contributed by atoms with Crippen molar-refractivity contribution >= 4 is 33.5 Å². The minimum Gasteiger partial charge on any atom is -0.481 e. The molecule has 27 heavy (non-hydrogen) atoms. The summed E-state index contributed by atoms with van der Waals surface area (Å²) in [4.78, 5) is 37.3. The molecule has 0 saturated carbocycles. The molecule has 0 bridgehead atoms. The largest absolute Gasteiger partial charge is 0.481 e. The topological polar surface area (TPSA) is 101 Å². The van der Waals surface area contributed by atoms with Gasteiger partial charge in [0, 0.05) is 24.0 Å². The number of hydrogen-bond donors (Lipinski definition) is 1. The van der Waals surface area contributed by atoms with Crippen molar-refractivity contribution in [3.05, 3.63) is 75.3 Å². The molecule has 1 aliphatic heterocycles. The molecular weight excluding hydrogens is 416 g/mol. The second-order valence-corrected chi connectivity index (χ2v) is 7.03. The summed E-state index contributed by atoms with van der Waals surface area (Å²) in [5.41, 5.74) is 0.877. The Kier molecular flexibility index (Phi) is 5.55. The van der Waals surface area contributed by atoms with Crippen LogP contribution in [0.2, 0.25) is 0 Å². The number of carbonyl (C=O) groups excluding carboxylic acids is 1. The summed E-state index contributed by atoms with van der Waals surface area (Å²) in [5.74, 6) is -2.47. The molecule has 0 fully saturated rings. The van der Waals surface area contributed by atoms with Gasteiger partial charge < -0.3 is 10.0 Å². The molecule has 7 nitrogen and oxygen atoms in total. The van der Waals surface area contributed by atoms with E-state index in [2.05, 4.69) is 15.9 Å². The number of carboxylic acids is 1. The van der Waals surface area contributed by atoms with Crippen LogP contribution in [-0.4, -0.2) is 38.7 Å². The number of amides is 1. The first-order valence-electron chi connectivity index (χ1n) is 8.38. The zero-order chi connectivity index (χ0) is 19.6. The SMILES string of the molecule is O=C(O)C1c2ccc([N+](=O)[O-])cc2C(=O)N(CCCBr)C1c1ccccc1. The lowest BCUT2D eigenvalue weighted by atomic mass is 9.79. The third-order valence-corrected chi connectivity index (χ3v) is 5.23. The van der Waals surface area contributed by atoms with E-state index in [9.17, 15) is 24.8 Å². The van der Waals surface area contributed by atoms with Crippen LogP contribution in [0.15, 0.2) is 48.5 Å². The molecule has 2 unspecified atom stereocenters. The Labute approximate surface area is 163 Å². The van der Waals surface area contributed by atoms with Crippen molar-refractivity contribution in [3.63, 3.8) is 0 Å². The van der Waals surface area contributed by atoms with Gasteiger partial charge in [-0.05, 0) is 17.5 Å². The Bertz CT molecular complexity index is 887. The van der Waals surface area contributed by atoms with Crippen molar-refractivity contribution in [3.8, 4) is 0 Å². The third kappa shape index (κ3) is 3.57. The molecule has 1 amide bonds. The number of nitro groups is 1. The number of nitrogens with zero attached hydrogens (tertiary/aromatic N) is 2. The quantitative estimate of drug-likeness (QED) is 0.425. The first-order valence-corrected chi connectivity index (χ1v) is 9.51. The Hall–Kier alpha value is -2.74. The van der Waals surface area contributed by atoms with Crippen molar-refractivity contribution in [1.82, 2.24) is 4.90 Å². The number of fused-ring (bicyclic) bond motifs is 1. The highest BCUT2D eigenvalue weighted by Crippen LogP contribution is 2.43. The van der Waals surface area contributed by atoms with E-state index >= 15 is 0 Å². The molecule has 2 atom stereocenters. The van der Waals surface area contributed by atoms with Gasteiger partial charge in [-0.15, -0.1) is 0 Å². The van der Waals surface area contributed by atoms with Crippen LogP contribution in [0.1, 0.15) is 39.9 Å². The average molecular weight is 433 g/mol. The molecule has 140 valence electrons. The number of halogens is 1. The van der Waals surface area contributed by atoms with Crippen molar-refractivity contribution < 1.29 is 19.6 Å². The highest BCUT2D eigenvalue weighted by atomic mass is 79.9. The van der Waals surface area contributed by atoms with Gasteiger partial charge in [0.15, 0.2) is 0 Å². The van der Waals surface area contributed by atoms with Gasteiger partial charge in [0.2, 0.25) is 0 Å². The fourth-order valence-electron chi connectivity index (χ4n) is 3.51. The average Bonchev–Trinajstić information content (AvgIpc) is 2.67. The second kappa shape index (κ2) is 7.87. The van der Waals surface area contributed by atoms with Gasteiger partial charge in [0.1, 0.15) is 5.92 Å². The van der Waals surface area contributed by atoms with Crippen molar-refractivity contribution in [2.24, 2.45) is 0 Å². The molecule has 3 rings (SSSR count). The fourth-order valence-corrected chi connectivity index (χ4v) is 3.76. The molecule has 1 heterocycles. The fraction of sp³-hybridized carbons (Fsp3) is 0.263. The maximum atomic E-state index is 13.1. The van der Waals surface area contributed by atoms with Crippen LogP contribution in [0.3, 0.4) is 0 Å². The highest BCUT2D eigenvalue weighted by Gasteiger charge is 2.44. The smallest absolute Gasteiger partial charge is 0.313 e. The van der Waals surface area contributed by atoms with Crippen LogP contribution < -0.4 is 0 Å². The second-order valence-electron chi connectivity index (χ2n) is 6.24. The summed E-state index contributed by atoms with van der Waals surface area (Å²) in [7, 11) is 0. The molecular formula is C19H17BrN2O5. The van der Waals surface area contributed by atoms with E-state index in [0.717, 1.165) is 5.56 Å². The van der Waals surface area contributed by atoms with Gasteiger partial charge >= 0.3 is 5.97 Å². The monoisotopic (exact) mass is 432 g/mol. The highest BCUT2D eigenvalue weighted by molar-refractivity contribution is 9.09. The van der Waals surface area contributed by atoms with Gasteiger partial charge in [-0.3, -0.25) is 19.7 Å². The van der Waals surface area contributed by atoms with Crippen molar-refractivity contribution in [2.75, 3.05) is 11.9 Å². The summed E-state index contributed by atoms with van der Waals surface area (Å²) in [6.07, 6.45) is 0.631. The first-order chi connectivity index (χ1) is 13.0. The zero-order valence-corrected chi connectivity index (χ0v) is 15.8. The third-order valence-electron chi connectivity index (χ3n) is 4.67. The zero-order valence-electron chi connectivity index (χ0n) is 14.2. The molecule has 2 aromatic carbocycles. The minimum absolute atomic E-state index is 0.0818. The maximum Gasteiger partial charge on any atom is 0.313 e. The van der Waals surface area contributed by atoms with Crippen molar-refractivity contribution in [1.29, 1.82) is 0 Å². The normalized spacial score (nSPS) is 18.9. The molecule has 1 N–H and O–H groups in total. The Morgan fingerprint density at radius 2 is 1.93 bits per heavy atom. The number of hydrogen-bond acceptors (Lipinski definition) is 4. The molecule has 8 heteroatoms. The van der Waals surface area contributed by atoms with Crippen LogP contribution in [0.5, 0.6) is 0 Å². The van der Waals surface area contributed by atoms with Gasteiger partial charge in [0.05, 0.1) is 16.5 Å². The molecule has 0 aromatic heterocycles. The van der Waals surface area contributed by atoms with Crippen LogP contribution in [-0.2, 0) is 4.79 Å². The van der Waals surface area contributed by atoms with Crippen LogP contribution in [0.25, 0.3) is 0 Å². The van der Waals surface area contributed by atoms with Gasteiger partial charge in [-0.25, -0.2) is 0 Å². The molecule has 0 radical (unpaired) electrons. The number of carbonyl (C=O) groups is 2. The summed E-state index contributed by atoms with van der Waals surface area (Å²) < 4.78 is 0. The van der Waals surface area contributed by atoms with E-state index in [-0.39, 0.29) is 17.2 Å². The van der Waals surface area contributed by atoms with Crippen LogP contribution in [0.4, 0.5) is 5.69 Å². The number of carboxylic acid groups (broad SMARTS) is 1. The lowest BCUT2D eigenvalue weighted by Gasteiger charge is -2.40. The van der Waals surface area contributed by atoms with Gasteiger partial charge in [-0.1, -0.05) is 52.3 Å². The first kappa shape index (κ1) is 19.0. The predicted molar refractivity (Wildman–Crippen MR) is 102 cm³/mol. The number of nitro benzene ring substituents is 1. The van der Waals surface area contributed by atoms with E-state index < -0.39 is 22.9 Å². The molecule has 0 spiro atoms. The Morgan fingerprint density at radius 1 is 1.22 bits per heavy atom. The van der Waals surface area contributed by atoms with E-state index in [4.69, 9.17) is 0 Å². The number of non-ortho nitro benzene ring substituents is 1. The van der Waals surface area contributed by atoms with Gasteiger partial charge in [-0.2, -0.15) is 0 Å². The standard InChI is InChI=1S/C19H17BrN2O5/c20-9-4-10-21-17(12-5-2-1-3-6-12)16(19(24)25)14-8-7-13(22(26)27)11-15(14)18(21)23/h1-3,5-8,11,16-17H,4,9-10H2,(H,24,25). The van der Waals surface area contributed by atoms with Crippen LogP contribution >= 0.6 is 15.9 Å². The lowest BCUT2D eigenvalue weighted by molar-refractivity contribution is -0.384. The summed E-state index contributed by atoms with van der Waals surface area (Å²) in [6, 6.07) is 12.2. The Morgan fingerprint density at radius 3 is 2.52 bits per heavy atom. The number of aliphatic carboxylic acids is 1. The number of alkyl halides is 1. The maximum absolute atomic E-state index is 13.1. The van der Waals surface area contributed by atoms with Crippen molar-refractivity contribution in [2.45, 2.75) is 18.4 Å². The number of rotatable bonds is 6. The van der Waals surface area contributed by atoms with Crippen LogP contribution in [0, 0.1) is 10.1 Å². The molecule has 0 saturated heterocycles. The van der Waals surface area contributed by atoms with Gasteiger partial charge in [0.25, 0.3) is 11.6 Å². The predicted octanol–water partition coefficient (Wildman–Crippen LogP) is 3.75. The van der Waals surface area contributed by atoms with E-state index in [1.165, 1.54) is 23.1 Å². The van der Waals surface area contributed by atoms with E-state index in [1.807, 2.05) is 6.07 Å². The minimum atomic E-state index is -1.07. The van der Waals surface area contributed by atoms with E-state index in [1.54, 1.807) is 24.3 Å². The number of benzene rings is 2. The summed E-state index contributed by atoms with van der Waals surface area (Å²) in [6.45, 7) is 0.343. The molecule has 0 aliphatic carbocycles. The molecule has 2 aromatic rings.